The summed E-state index contributed by atoms with van der Waals surface area (Å²) in [5, 5.41) is 0.646. The number of aromatic nitrogens is 1. The van der Waals surface area contributed by atoms with Crippen LogP contribution in [0.15, 0.2) is 65.3 Å². The molecule has 0 bridgehead atoms. The summed E-state index contributed by atoms with van der Waals surface area (Å²) in [6, 6.07) is 16.8. The van der Waals surface area contributed by atoms with Gasteiger partial charge in [0.2, 0.25) is 0 Å². The summed E-state index contributed by atoms with van der Waals surface area (Å²) in [7, 11) is 1.60. The number of anilines is 1. The predicted octanol–water partition coefficient (Wildman–Crippen LogP) is 5.05. The quantitative estimate of drug-likeness (QED) is 0.487. The molecule has 1 amide bonds. The molecule has 0 N–H and O–H groups in total. The first-order valence-corrected chi connectivity index (χ1v) is 9.31. The van der Waals surface area contributed by atoms with Crippen molar-refractivity contribution in [1.29, 1.82) is 0 Å². The van der Waals surface area contributed by atoms with Crippen molar-refractivity contribution in [3.8, 4) is 5.75 Å². The number of hydrogen-bond donors (Lipinski definition) is 0. The lowest BCUT2D eigenvalue weighted by molar-refractivity contribution is 0.0983. The van der Waals surface area contributed by atoms with E-state index in [4.69, 9.17) is 9.15 Å². The van der Waals surface area contributed by atoms with Crippen LogP contribution in [0.25, 0.3) is 10.2 Å². The number of rotatable bonds is 5. The van der Waals surface area contributed by atoms with Crippen LogP contribution in [0.1, 0.15) is 21.7 Å². The Hall–Kier alpha value is -3.12. The van der Waals surface area contributed by atoms with Crippen molar-refractivity contribution >= 4 is 32.6 Å². The van der Waals surface area contributed by atoms with E-state index in [0.29, 0.717) is 28.7 Å². The van der Waals surface area contributed by atoms with E-state index in [-0.39, 0.29) is 5.91 Å². The highest BCUT2D eigenvalue weighted by Gasteiger charge is 2.22. The van der Waals surface area contributed by atoms with Gasteiger partial charge in [-0.1, -0.05) is 17.4 Å². The Bertz CT molecular complexity index is 1070. The van der Waals surface area contributed by atoms with Gasteiger partial charge in [0.15, 0.2) is 5.13 Å². The Morgan fingerprint density at radius 1 is 1.19 bits per heavy atom. The third-order valence-electron chi connectivity index (χ3n) is 4.24. The molecular formula is C21H18N2O3S. The van der Waals surface area contributed by atoms with Crippen LogP contribution < -0.4 is 9.64 Å². The SMILES string of the molecule is COc1ccc(C(=O)N(Cc2ccco2)c2nc3ccc(C)cc3s2)cc1. The van der Waals surface area contributed by atoms with Gasteiger partial charge in [-0.3, -0.25) is 9.69 Å². The van der Waals surface area contributed by atoms with Crippen molar-refractivity contribution in [3.05, 3.63) is 77.7 Å². The summed E-state index contributed by atoms with van der Waals surface area (Å²) >= 11 is 1.50. The molecule has 136 valence electrons. The van der Waals surface area contributed by atoms with Gasteiger partial charge < -0.3 is 9.15 Å². The minimum absolute atomic E-state index is 0.134. The first kappa shape index (κ1) is 17.3. The number of aryl methyl sites for hydroxylation is 1. The molecule has 4 aromatic rings. The standard InChI is InChI=1S/C21H18N2O3S/c1-14-5-10-18-19(12-14)27-21(22-18)23(13-17-4-3-11-26-17)20(24)15-6-8-16(25-2)9-7-15/h3-12H,13H2,1-2H3. The normalized spacial score (nSPS) is 10.9. The van der Waals surface area contributed by atoms with Gasteiger partial charge >= 0.3 is 0 Å². The van der Waals surface area contributed by atoms with E-state index in [2.05, 4.69) is 11.1 Å². The highest BCUT2D eigenvalue weighted by atomic mass is 32.1. The highest BCUT2D eigenvalue weighted by Crippen LogP contribution is 2.31. The number of carbonyl (C=O) groups excluding carboxylic acids is 1. The van der Waals surface area contributed by atoms with Crippen LogP contribution >= 0.6 is 11.3 Å². The van der Waals surface area contributed by atoms with Crippen LogP contribution in [-0.4, -0.2) is 18.0 Å². The molecule has 27 heavy (non-hydrogen) atoms. The molecule has 2 aromatic heterocycles. The predicted molar refractivity (Wildman–Crippen MR) is 107 cm³/mol. The van der Waals surface area contributed by atoms with Gasteiger partial charge in [0, 0.05) is 5.56 Å². The maximum absolute atomic E-state index is 13.2. The maximum Gasteiger partial charge on any atom is 0.260 e. The molecule has 2 aromatic carbocycles. The zero-order chi connectivity index (χ0) is 18.8. The number of hydrogen-bond acceptors (Lipinski definition) is 5. The number of furan rings is 1. The van der Waals surface area contributed by atoms with Gasteiger partial charge in [0.25, 0.3) is 5.91 Å². The molecule has 0 saturated carbocycles. The average molecular weight is 378 g/mol. The summed E-state index contributed by atoms with van der Waals surface area (Å²) in [5.41, 5.74) is 2.61. The number of ether oxygens (including phenoxy) is 1. The molecular weight excluding hydrogens is 360 g/mol. The molecule has 5 nitrogen and oxygen atoms in total. The second kappa shape index (κ2) is 7.25. The van der Waals surface area contributed by atoms with E-state index in [1.165, 1.54) is 11.3 Å². The molecule has 0 spiro atoms. The van der Waals surface area contributed by atoms with Crippen molar-refractivity contribution in [2.24, 2.45) is 0 Å². The summed E-state index contributed by atoms with van der Waals surface area (Å²) in [5.74, 6) is 1.27. The summed E-state index contributed by atoms with van der Waals surface area (Å²) < 4.78 is 11.7. The molecule has 0 saturated heterocycles. The number of thiazole rings is 1. The van der Waals surface area contributed by atoms with E-state index in [0.717, 1.165) is 15.8 Å². The van der Waals surface area contributed by atoms with Gasteiger partial charge in [-0.25, -0.2) is 4.98 Å². The third kappa shape index (κ3) is 3.57. The zero-order valence-corrected chi connectivity index (χ0v) is 15.8. The molecule has 0 unspecified atom stereocenters. The second-order valence-electron chi connectivity index (χ2n) is 6.17. The van der Waals surface area contributed by atoms with E-state index in [1.807, 2.05) is 31.2 Å². The number of carbonyl (C=O) groups is 1. The maximum atomic E-state index is 13.2. The van der Waals surface area contributed by atoms with E-state index in [1.54, 1.807) is 42.5 Å². The van der Waals surface area contributed by atoms with Crippen molar-refractivity contribution < 1.29 is 13.9 Å². The molecule has 0 radical (unpaired) electrons. The molecule has 0 atom stereocenters. The Morgan fingerprint density at radius 2 is 2.00 bits per heavy atom. The lowest BCUT2D eigenvalue weighted by Crippen LogP contribution is -2.30. The Labute approximate surface area is 160 Å². The average Bonchev–Trinajstić information content (AvgIpc) is 3.34. The topological polar surface area (TPSA) is 55.6 Å². The monoisotopic (exact) mass is 378 g/mol. The van der Waals surface area contributed by atoms with Crippen molar-refractivity contribution in [3.63, 3.8) is 0 Å². The van der Waals surface area contributed by atoms with Crippen LogP contribution in [0.2, 0.25) is 0 Å². The summed E-state index contributed by atoms with van der Waals surface area (Å²) in [4.78, 5) is 19.6. The van der Waals surface area contributed by atoms with Gasteiger partial charge in [-0.05, 0) is 61.0 Å². The first-order chi connectivity index (χ1) is 13.1. The first-order valence-electron chi connectivity index (χ1n) is 8.49. The largest absolute Gasteiger partial charge is 0.497 e. The molecule has 2 heterocycles. The van der Waals surface area contributed by atoms with Gasteiger partial charge in [0.05, 0.1) is 30.1 Å². The number of fused-ring (bicyclic) bond motifs is 1. The van der Waals surface area contributed by atoms with E-state index >= 15 is 0 Å². The minimum atomic E-state index is -0.134. The second-order valence-corrected chi connectivity index (χ2v) is 7.18. The molecule has 0 fully saturated rings. The van der Waals surface area contributed by atoms with Crippen LogP contribution in [0.3, 0.4) is 0 Å². The summed E-state index contributed by atoms with van der Waals surface area (Å²) in [6.07, 6.45) is 1.60. The third-order valence-corrected chi connectivity index (χ3v) is 5.28. The fourth-order valence-corrected chi connectivity index (χ4v) is 3.87. The van der Waals surface area contributed by atoms with Crippen LogP contribution in [0.4, 0.5) is 5.13 Å². The van der Waals surface area contributed by atoms with Crippen molar-refractivity contribution in [1.82, 2.24) is 4.98 Å². The Morgan fingerprint density at radius 3 is 2.70 bits per heavy atom. The molecule has 0 aliphatic heterocycles. The van der Waals surface area contributed by atoms with Gasteiger partial charge in [-0.15, -0.1) is 0 Å². The molecule has 0 aliphatic rings. The number of nitrogens with zero attached hydrogens (tertiary/aromatic N) is 2. The van der Waals surface area contributed by atoms with Gasteiger partial charge in [0.1, 0.15) is 11.5 Å². The van der Waals surface area contributed by atoms with E-state index < -0.39 is 0 Å². The molecule has 0 aliphatic carbocycles. The van der Waals surface area contributed by atoms with Gasteiger partial charge in [-0.2, -0.15) is 0 Å². The lowest BCUT2D eigenvalue weighted by atomic mass is 10.2. The Balaban J connectivity index is 1.73. The fraction of sp³-hybridized carbons (Fsp3) is 0.143. The minimum Gasteiger partial charge on any atom is -0.497 e. The molecule has 6 heteroatoms. The van der Waals surface area contributed by atoms with Crippen LogP contribution in [0, 0.1) is 6.92 Å². The molecule has 4 rings (SSSR count). The van der Waals surface area contributed by atoms with Crippen LogP contribution in [0.5, 0.6) is 5.75 Å². The Kier molecular flexibility index (Phi) is 4.64. The van der Waals surface area contributed by atoms with Crippen molar-refractivity contribution in [2.45, 2.75) is 13.5 Å². The smallest absolute Gasteiger partial charge is 0.260 e. The zero-order valence-electron chi connectivity index (χ0n) is 15.0. The fourth-order valence-electron chi connectivity index (χ4n) is 2.81. The van der Waals surface area contributed by atoms with Crippen molar-refractivity contribution in [2.75, 3.05) is 12.0 Å². The summed E-state index contributed by atoms with van der Waals surface area (Å²) in [6.45, 7) is 2.36. The van der Waals surface area contributed by atoms with Crippen LogP contribution in [-0.2, 0) is 6.54 Å². The number of methoxy groups -OCH3 is 1. The highest BCUT2D eigenvalue weighted by molar-refractivity contribution is 7.22. The number of benzene rings is 2. The number of amides is 1. The van der Waals surface area contributed by atoms with E-state index in [9.17, 15) is 4.79 Å². The lowest BCUT2D eigenvalue weighted by Gasteiger charge is -2.19.